The second kappa shape index (κ2) is 4.06. The van der Waals surface area contributed by atoms with E-state index < -0.39 is 0 Å². The number of nitrogens with zero attached hydrogens (tertiary/aromatic N) is 3. The van der Waals surface area contributed by atoms with Crippen LogP contribution < -0.4 is 5.73 Å². The highest BCUT2D eigenvalue weighted by atomic mass is 79.9. The molecule has 2 heterocycles. The summed E-state index contributed by atoms with van der Waals surface area (Å²) in [4.78, 5) is 0. The van der Waals surface area contributed by atoms with Crippen molar-refractivity contribution in [3.05, 3.63) is 46.8 Å². The molecule has 2 aromatic heterocycles. The fourth-order valence-corrected chi connectivity index (χ4v) is 2.26. The molecule has 1 aromatic carbocycles. The van der Waals surface area contributed by atoms with E-state index in [1.807, 2.05) is 0 Å². The molecular formula is C12H8BrFN4. The predicted molar refractivity (Wildman–Crippen MR) is 70.5 cm³/mol. The highest BCUT2D eigenvalue weighted by Gasteiger charge is 2.11. The Morgan fingerprint density at radius 1 is 1.22 bits per heavy atom. The molecule has 0 atom stereocenters. The monoisotopic (exact) mass is 306 g/mol. The minimum Gasteiger partial charge on any atom is -0.396 e. The molecule has 0 radical (unpaired) electrons. The highest BCUT2D eigenvalue weighted by molar-refractivity contribution is 9.10. The Morgan fingerprint density at radius 2 is 2.06 bits per heavy atom. The Balaban J connectivity index is 2.30. The van der Waals surface area contributed by atoms with Crippen molar-refractivity contribution in [3.63, 3.8) is 0 Å². The summed E-state index contributed by atoms with van der Waals surface area (Å²) in [7, 11) is 0. The maximum atomic E-state index is 13.2. The summed E-state index contributed by atoms with van der Waals surface area (Å²) < 4.78 is 15.8. The van der Waals surface area contributed by atoms with Crippen LogP contribution in [0.2, 0.25) is 0 Å². The third-order valence-electron chi connectivity index (χ3n) is 2.58. The molecule has 6 heteroatoms. The van der Waals surface area contributed by atoms with Gasteiger partial charge in [-0.05, 0) is 34.1 Å². The number of halogens is 2. The number of fused-ring (bicyclic) bond motifs is 1. The van der Waals surface area contributed by atoms with E-state index >= 15 is 0 Å². The number of hydrogen-bond donors (Lipinski definition) is 1. The van der Waals surface area contributed by atoms with E-state index in [9.17, 15) is 4.39 Å². The summed E-state index contributed by atoms with van der Waals surface area (Å²) in [6.45, 7) is 0. The van der Waals surface area contributed by atoms with E-state index in [0.29, 0.717) is 22.7 Å². The van der Waals surface area contributed by atoms with Gasteiger partial charge in [0.25, 0.3) is 0 Å². The van der Waals surface area contributed by atoms with Crippen molar-refractivity contribution < 1.29 is 4.39 Å². The van der Waals surface area contributed by atoms with Crippen molar-refractivity contribution in [1.29, 1.82) is 0 Å². The molecule has 0 amide bonds. The number of aromatic nitrogens is 3. The lowest BCUT2D eigenvalue weighted by Gasteiger charge is -2.02. The summed E-state index contributed by atoms with van der Waals surface area (Å²) >= 11 is 3.36. The molecule has 90 valence electrons. The molecule has 0 aliphatic carbocycles. The van der Waals surface area contributed by atoms with Crippen LogP contribution in [0.25, 0.3) is 17.0 Å². The average molecular weight is 307 g/mol. The first kappa shape index (κ1) is 11.2. The Kier molecular flexibility index (Phi) is 2.52. The average Bonchev–Trinajstić information content (AvgIpc) is 2.72. The topological polar surface area (TPSA) is 56.2 Å². The van der Waals surface area contributed by atoms with E-state index in [4.69, 9.17) is 5.73 Å². The van der Waals surface area contributed by atoms with Gasteiger partial charge in [-0.2, -0.15) is 0 Å². The summed E-state index contributed by atoms with van der Waals surface area (Å²) in [5.41, 5.74) is 7.57. The van der Waals surface area contributed by atoms with Gasteiger partial charge in [0.15, 0.2) is 11.5 Å². The first-order valence-corrected chi connectivity index (χ1v) is 6.00. The molecule has 4 nitrogen and oxygen atoms in total. The van der Waals surface area contributed by atoms with Gasteiger partial charge in [0.2, 0.25) is 0 Å². The second-order valence-corrected chi connectivity index (χ2v) is 4.76. The van der Waals surface area contributed by atoms with Crippen LogP contribution in [0.5, 0.6) is 0 Å². The van der Waals surface area contributed by atoms with Crippen LogP contribution in [-0.4, -0.2) is 14.6 Å². The second-order valence-electron chi connectivity index (χ2n) is 3.84. The first-order chi connectivity index (χ1) is 8.65. The number of nitrogens with two attached hydrogens (primary N) is 1. The Labute approximate surface area is 110 Å². The zero-order valence-electron chi connectivity index (χ0n) is 9.14. The lowest BCUT2D eigenvalue weighted by atomic mass is 10.2. The van der Waals surface area contributed by atoms with Crippen LogP contribution in [0.15, 0.2) is 41.0 Å². The van der Waals surface area contributed by atoms with Crippen molar-refractivity contribution in [3.8, 4) is 11.4 Å². The van der Waals surface area contributed by atoms with E-state index in [-0.39, 0.29) is 5.82 Å². The highest BCUT2D eigenvalue weighted by Crippen LogP contribution is 2.24. The summed E-state index contributed by atoms with van der Waals surface area (Å²) in [6, 6.07) is 7.95. The molecule has 0 spiro atoms. The molecule has 0 saturated heterocycles. The number of anilines is 1. The number of pyridine rings is 1. The summed E-state index contributed by atoms with van der Waals surface area (Å²) in [5, 5.41) is 8.06. The summed E-state index contributed by atoms with van der Waals surface area (Å²) in [5.74, 6) is 0.240. The third kappa shape index (κ3) is 1.74. The normalized spacial score (nSPS) is 11.0. The number of benzene rings is 1. The van der Waals surface area contributed by atoms with Gasteiger partial charge in [-0.25, -0.2) is 4.39 Å². The Hall–Kier alpha value is -1.95. The van der Waals surface area contributed by atoms with Crippen LogP contribution >= 0.6 is 15.9 Å². The Morgan fingerprint density at radius 3 is 2.83 bits per heavy atom. The van der Waals surface area contributed by atoms with Gasteiger partial charge >= 0.3 is 0 Å². The molecule has 0 aliphatic rings. The predicted octanol–water partition coefficient (Wildman–Crippen LogP) is 2.88. The van der Waals surface area contributed by atoms with E-state index in [1.54, 1.807) is 28.8 Å². The summed E-state index contributed by atoms with van der Waals surface area (Å²) in [6.07, 6.45) is 1.80. The third-order valence-corrected chi connectivity index (χ3v) is 3.02. The Bertz CT molecular complexity index is 738. The molecule has 3 aromatic rings. The van der Waals surface area contributed by atoms with Gasteiger partial charge in [-0.3, -0.25) is 4.40 Å². The van der Waals surface area contributed by atoms with Crippen molar-refractivity contribution >= 4 is 27.3 Å². The lowest BCUT2D eigenvalue weighted by molar-refractivity contribution is 0.628. The standard InChI is InChI=1S/C12H8BrFN4/c13-8-5-10(15)12-17-16-11(18(12)6-8)7-2-1-3-9(14)4-7/h1-6H,15H2. The van der Waals surface area contributed by atoms with Crippen LogP contribution in [0.1, 0.15) is 0 Å². The molecule has 0 bridgehead atoms. The molecule has 0 fully saturated rings. The molecular weight excluding hydrogens is 299 g/mol. The zero-order valence-corrected chi connectivity index (χ0v) is 10.7. The fraction of sp³-hybridized carbons (Fsp3) is 0. The van der Waals surface area contributed by atoms with Gasteiger partial charge in [0, 0.05) is 16.2 Å². The van der Waals surface area contributed by atoms with E-state index in [1.165, 1.54) is 12.1 Å². The smallest absolute Gasteiger partial charge is 0.184 e. The van der Waals surface area contributed by atoms with Crippen LogP contribution in [0.4, 0.5) is 10.1 Å². The number of hydrogen-bond acceptors (Lipinski definition) is 3. The van der Waals surface area contributed by atoms with Gasteiger partial charge in [-0.1, -0.05) is 12.1 Å². The minimum atomic E-state index is -0.313. The number of nitrogen functional groups attached to an aromatic ring is 1. The van der Waals surface area contributed by atoms with Crippen molar-refractivity contribution in [2.24, 2.45) is 0 Å². The molecule has 3 rings (SSSR count). The van der Waals surface area contributed by atoms with E-state index in [0.717, 1.165) is 4.47 Å². The fourth-order valence-electron chi connectivity index (χ4n) is 1.81. The minimum absolute atomic E-state index is 0.313. The zero-order chi connectivity index (χ0) is 12.7. The quantitative estimate of drug-likeness (QED) is 0.752. The van der Waals surface area contributed by atoms with E-state index in [2.05, 4.69) is 26.1 Å². The van der Waals surface area contributed by atoms with Crippen LogP contribution in [0, 0.1) is 5.82 Å². The first-order valence-electron chi connectivity index (χ1n) is 5.21. The van der Waals surface area contributed by atoms with Crippen LogP contribution in [0.3, 0.4) is 0 Å². The molecule has 0 unspecified atom stereocenters. The maximum Gasteiger partial charge on any atom is 0.184 e. The van der Waals surface area contributed by atoms with Gasteiger partial charge in [-0.15, -0.1) is 10.2 Å². The molecule has 0 aliphatic heterocycles. The largest absolute Gasteiger partial charge is 0.396 e. The van der Waals surface area contributed by atoms with Gasteiger partial charge in [0.1, 0.15) is 5.82 Å². The lowest BCUT2D eigenvalue weighted by Crippen LogP contribution is -1.94. The van der Waals surface area contributed by atoms with Crippen molar-refractivity contribution in [2.45, 2.75) is 0 Å². The van der Waals surface area contributed by atoms with Crippen molar-refractivity contribution in [1.82, 2.24) is 14.6 Å². The van der Waals surface area contributed by atoms with Crippen LogP contribution in [-0.2, 0) is 0 Å². The SMILES string of the molecule is Nc1cc(Br)cn2c(-c3cccc(F)c3)nnc12. The van der Waals surface area contributed by atoms with Gasteiger partial charge < -0.3 is 5.73 Å². The molecule has 18 heavy (non-hydrogen) atoms. The molecule has 2 N–H and O–H groups in total. The maximum absolute atomic E-state index is 13.2. The molecule has 0 saturated carbocycles. The van der Waals surface area contributed by atoms with Crippen molar-refractivity contribution in [2.75, 3.05) is 5.73 Å². The van der Waals surface area contributed by atoms with Gasteiger partial charge in [0.05, 0.1) is 5.69 Å². The number of rotatable bonds is 1.